The Hall–Kier alpha value is -2.55. The third-order valence-electron chi connectivity index (χ3n) is 5.96. The maximum atomic E-state index is 13.0. The highest BCUT2D eigenvalue weighted by Crippen LogP contribution is 2.47. The summed E-state index contributed by atoms with van der Waals surface area (Å²) in [4.78, 5) is 15.0. The molecule has 2 aromatic carbocycles. The Bertz CT molecular complexity index is 985. The van der Waals surface area contributed by atoms with Crippen LogP contribution in [0.15, 0.2) is 59.0 Å². The SMILES string of the molecule is CC1CC1c1ccc(CN(C(=O)Cc2ccc3ccccc3c2)C2CC2)o1. The number of carbonyl (C=O) groups is 1. The first-order valence-corrected chi connectivity index (χ1v) is 10.0. The summed E-state index contributed by atoms with van der Waals surface area (Å²) < 4.78 is 6.05. The number of rotatable bonds is 6. The first kappa shape index (κ1) is 16.6. The number of hydrogen-bond donors (Lipinski definition) is 0. The Morgan fingerprint density at radius 3 is 2.59 bits per heavy atom. The van der Waals surface area contributed by atoms with Gasteiger partial charge in [0.25, 0.3) is 0 Å². The van der Waals surface area contributed by atoms with Crippen LogP contribution in [0, 0.1) is 5.92 Å². The zero-order valence-corrected chi connectivity index (χ0v) is 15.7. The third-order valence-corrected chi connectivity index (χ3v) is 5.96. The molecule has 1 aromatic heterocycles. The fourth-order valence-electron chi connectivity index (χ4n) is 4.00. The summed E-state index contributed by atoms with van der Waals surface area (Å²) in [6.07, 6.45) is 3.89. The molecule has 138 valence electrons. The number of hydrogen-bond acceptors (Lipinski definition) is 2. The van der Waals surface area contributed by atoms with Crippen molar-refractivity contribution in [3.63, 3.8) is 0 Å². The molecule has 3 nitrogen and oxygen atoms in total. The molecule has 2 atom stereocenters. The summed E-state index contributed by atoms with van der Waals surface area (Å²) in [5.74, 6) is 3.53. The van der Waals surface area contributed by atoms with Gasteiger partial charge < -0.3 is 9.32 Å². The molecular weight excluding hydrogens is 334 g/mol. The molecule has 5 rings (SSSR count). The van der Waals surface area contributed by atoms with Gasteiger partial charge in [-0.3, -0.25) is 4.79 Å². The second-order valence-corrected chi connectivity index (χ2v) is 8.23. The molecule has 0 bridgehead atoms. The molecule has 0 N–H and O–H groups in total. The molecule has 0 radical (unpaired) electrons. The summed E-state index contributed by atoms with van der Waals surface area (Å²) >= 11 is 0. The lowest BCUT2D eigenvalue weighted by Gasteiger charge is -2.21. The Balaban J connectivity index is 1.30. The highest BCUT2D eigenvalue weighted by atomic mass is 16.3. The van der Waals surface area contributed by atoms with Gasteiger partial charge in [-0.15, -0.1) is 0 Å². The normalized spacial score (nSPS) is 21.4. The van der Waals surface area contributed by atoms with Gasteiger partial charge in [-0.25, -0.2) is 0 Å². The number of fused-ring (bicyclic) bond motifs is 1. The molecule has 2 aliphatic rings. The van der Waals surface area contributed by atoms with Crippen LogP contribution in [0.1, 0.15) is 49.2 Å². The van der Waals surface area contributed by atoms with Crippen molar-refractivity contribution in [2.24, 2.45) is 5.92 Å². The first-order chi connectivity index (χ1) is 13.2. The average Bonchev–Trinajstić information content (AvgIpc) is 3.59. The van der Waals surface area contributed by atoms with Gasteiger partial charge in [0.2, 0.25) is 5.91 Å². The van der Waals surface area contributed by atoms with Crippen LogP contribution < -0.4 is 0 Å². The largest absolute Gasteiger partial charge is 0.464 e. The zero-order valence-electron chi connectivity index (χ0n) is 15.7. The maximum absolute atomic E-state index is 13.0. The molecule has 2 saturated carbocycles. The number of benzene rings is 2. The van der Waals surface area contributed by atoms with Crippen LogP contribution in [-0.4, -0.2) is 16.8 Å². The fraction of sp³-hybridized carbons (Fsp3) is 0.375. The molecule has 0 spiro atoms. The van der Waals surface area contributed by atoms with Crippen molar-refractivity contribution in [2.45, 2.75) is 51.1 Å². The van der Waals surface area contributed by atoms with Gasteiger partial charge in [0.15, 0.2) is 0 Å². The molecule has 0 aliphatic heterocycles. The van der Waals surface area contributed by atoms with E-state index in [9.17, 15) is 4.79 Å². The van der Waals surface area contributed by atoms with E-state index in [-0.39, 0.29) is 5.91 Å². The lowest BCUT2D eigenvalue weighted by atomic mass is 10.0. The highest BCUT2D eigenvalue weighted by molar-refractivity contribution is 5.85. The van der Waals surface area contributed by atoms with Crippen molar-refractivity contribution < 1.29 is 9.21 Å². The molecule has 2 unspecified atom stereocenters. The van der Waals surface area contributed by atoms with Crippen LogP contribution in [0.2, 0.25) is 0 Å². The summed E-state index contributed by atoms with van der Waals surface area (Å²) in [7, 11) is 0. The Morgan fingerprint density at radius 2 is 1.85 bits per heavy atom. The predicted octanol–water partition coefficient (Wildman–Crippen LogP) is 5.29. The lowest BCUT2D eigenvalue weighted by molar-refractivity contribution is -0.131. The van der Waals surface area contributed by atoms with E-state index in [2.05, 4.69) is 49.4 Å². The van der Waals surface area contributed by atoms with E-state index in [0.717, 1.165) is 35.8 Å². The summed E-state index contributed by atoms with van der Waals surface area (Å²) in [5, 5.41) is 2.40. The molecule has 27 heavy (non-hydrogen) atoms. The van der Waals surface area contributed by atoms with E-state index < -0.39 is 0 Å². The van der Waals surface area contributed by atoms with Gasteiger partial charge >= 0.3 is 0 Å². The predicted molar refractivity (Wildman–Crippen MR) is 106 cm³/mol. The van der Waals surface area contributed by atoms with E-state index in [4.69, 9.17) is 4.42 Å². The van der Waals surface area contributed by atoms with Crippen LogP contribution >= 0.6 is 0 Å². The van der Waals surface area contributed by atoms with E-state index in [0.29, 0.717) is 24.9 Å². The quantitative estimate of drug-likeness (QED) is 0.599. The van der Waals surface area contributed by atoms with E-state index in [1.165, 1.54) is 17.2 Å². The molecule has 3 heteroatoms. The highest BCUT2D eigenvalue weighted by Gasteiger charge is 2.37. The monoisotopic (exact) mass is 359 g/mol. The second kappa shape index (κ2) is 6.56. The van der Waals surface area contributed by atoms with E-state index in [1.54, 1.807) is 0 Å². The molecule has 1 heterocycles. The summed E-state index contributed by atoms with van der Waals surface area (Å²) in [6, 6.07) is 19.1. The van der Waals surface area contributed by atoms with Crippen LogP contribution in [-0.2, 0) is 17.8 Å². The molecule has 2 aliphatic carbocycles. The standard InChI is InChI=1S/C24H25NO2/c1-16-12-22(16)23-11-10-21(27-23)15-25(20-8-9-20)24(26)14-17-6-7-18-4-2-3-5-19(18)13-17/h2-7,10-11,13,16,20,22H,8-9,12,14-15H2,1H3. The Kier molecular flexibility index (Phi) is 4.04. The van der Waals surface area contributed by atoms with Crippen molar-refractivity contribution in [3.05, 3.63) is 71.7 Å². The van der Waals surface area contributed by atoms with Gasteiger partial charge in [-0.05, 0) is 53.6 Å². The van der Waals surface area contributed by atoms with Crippen LogP contribution in [0.5, 0.6) is 0 Å². The lowest BCUT2D eigenvalue weighted by Crippen LogP contribution is -2.33. The molecule has 1 amide bonds. The van der Waals surface area contributed by atoms with Gasteiger partial charge in [0.05, 0.1) is 13.0 Å². The van der Waals surface area contributed by atoms with Crippen molar-refractivity contribution >= 4 is 16.7 Å². The average molecular weight is 359 g/mol. The number of nitrogens with zero attached hydrogens (tertiary/aromatic N) is 1. The van der Waals surface area contributed by atoms with Gasteiger partial charge in [0.1, 0.15) is 11.5 Å². The third kappa shape index (κ3) is 3.51. The maximum Gasteiger partial charge on any atom is 0.227 e. The zero-order chi connectivity index (χ0) is 18.4. The van der Waals surface area contributed by atoms with Crippen molar-refractivity contribution in [1.82, 2.24) is 4.90 Å². The smallest absolute Gasteiger partial charge is 0.227 e. The Labute approximate surface area is 160 Å². The molecule has 3 aromatic rings. The Morgan fingerprint density at radius 1 is 1.07 bits per heavy atom. The fourth-order valence-corrected chi connectivity index (χ4v) is 4.00. The van der Waals surface area contributed by atoms with Crippen molar-refractivity contribution in [2.75, 3.05) is 0 Å². The first-order valence-electron chi connectivity index (χ1n) is 10.0. The molecule has 0 saturated heterocycles. The van der Waals surface area contributed by atoms with Crippen LogP contribution in [0.3, 0.4) is 0 Å². The van der Waals surface area contributed by atoms with Crippen LogP contribution in [0.4, 0.5) is 0 Å². The van der Waals surface area contributed by atoms with E-state index >= 15 is 0 Å². The minimum atomic E-state index is 0.200. The van der Waals surface area contributed by atoms with Crippen LogP contribution in [0.25, 0.3) is 10.8 Å². The number of carbonyl (C=O) groups excluding carboxylic acids is 1. The molecular formula is C24H25NO2. The van der Waals surface area contributed by atoms with Crippen molar-refractivity contribution in [3.8, 4) is 0 Å². The number of amides is 1. The summed E-state index contributed by atoms with van der Waals surface area (Å²) in [5.41, 5.74) is 1.08. The topological polar surface area (TPSA) is 33.5 Å². The number of furan rings is 1. The molecule has 2 fully saturated rings. The van der Waals surface area contributed by atoms with Gasteiger partial charge in [-0.1, -0.05) is 49.4 Å². The van der Waals surface area contributed by atoms with Gasteiger partial charge in [-0.2, -0.15) is 0 Å². The second-order valence-electron chi connectivity index (χ2n) is 8.23. The van der Waals surface area contributed by atoms with Gasteiger partial charge in [0, 0.05) is 12.0 Å². The van der Waals surface area contributed by atoms with E-state index in [1.807, 2.05) is 17.0 Å². The minimum Gasteiger partial charge on any atom is -0.464 e. The minimum absolute atomic E-state index is 0.200. The summed E-state index contributed by atoms with van der Waals surface area (Å²) in [6.45, 7) is 2.86. The van der Waals surface area contributed by atoms with Crippen molar-refractivity contribution in [1.29, 1.82) is 0 Å².